The Bertz CT molecular complexity index is 1440. The van der Waals surface area contributed by atoms with Crippen LogP contribution in [0.25, 0.3) is 11.1 Å². The smallest absolute Gasteiger partial charge is 0.326 e. The molecule has 200 valence electrons. The van der Waals surface area contributed by atoms with Crippen molar-refractivity contribution in [1.29, 1.82) is 0 Å². The Morgan fingerprint density at radius 3 is 2.37 bits per heavy atom. The summed E-state index contributed by atoms with van der Waals surface area (Å²) in [4.78, 5) is 29.7. The Labute approximate surface area is 214 Å². The van der Waals surface area contributed by atoms with E-state index < -0.39 is 48.5 Å². The number of carbonyl (C=O) groups is 2. The molecule has 2 aromatic carbocycles. The number of rotatable bonds is 5. The number of carbonyl (C=O) groups excluding carboxylic acids is 2. The van der Waals surface area contributed by atoms with Gasteiger partial charge in [0, 0.05) is 23.6 Å². The molecule has 1 aromatic heterocycles. The minimum Gasteiger partial charge on any atom is -0.326 e. The number of aromatic nitrogens is 1. The molecule has 1 aliphatic rings. The van der Waals surface area contributed by atoms with E-state index >= 15 is 8.78 Å². The van der Waals surface area contributed by atoms with E-state index in [9.17, 15) is 27.3 Å². The standard InChI is InChI=1S/C25H22F5N4O3P/c1-38(2,37)19-6-4-3-5-15(19)16-8-9-18(22(27)21(16)26)34-12-11-17(23(34)35)32-24(36)33-20-10-7-14(13-31-20)25(28,29)30/h3-10,13,17H,11-12H2,1-2H3,(H2,31,32,33,36)/t17-/m1/s1. The van der Waals surface area contributed by atoms with Crippen LogP contribution in [0.15, 0.2) is 54.7 Å². The summed E-state index contributed by atoms with van der Waals surface area (Å²) in [5.74, 6) is -3.35. The summed E-state index contributed by atoms with van der Waals surface area (Å²) in [6.45, 7) is 3.02. The second-order valence-corrected chi connectivity index (χ2v) is 12.2. The van der Waals surface area contributed by atoms with Crippen LogP contribution in [0, 0.1) is 11.6 Å². The predicted molar refractivity (Wildman–Crippen MR) is 133 cm³/mol. The van der Waals surface area contributed by atoms with Gasteiger partial charge in [-0.2, -0.15) is 13.2 Å². The number of halogens is 5. The SMILES string of the molecule is CP(C)(=O)c1ccccc1-c1ccc(N2CC[C@@H](NC(=O)Nc3ccc(C(F)(F)F)cn3)C2=O)c(F)c1F. The fraction of sp³-hybridized carbons (Fsp3) is 0.240. The Morgan fingerprint density at radius 2 is 1.74 bits per heavy atom. The van der Waals surface area contributed by atoms with Gasteiger partial charge in [-0.1, -0.05) is 24.3 Å². The van der Waals surface area contributed by atoms with Gasteiger partial charge in [0.25, 0.3) is 0 Å². The molecule has 1 saturated heterocycles. The molecule has 2 heterocycles. The molecule has 1 aliphatic heterocycles. The number of amides is 3. The number of anilines is 2. The zero-order valence-electron chi connectivity index (χ0n) is 20.1. The Morgan fingerprint density at radius 1 is 1.03 bits per heavy atom. The van der Waals surface area contributed by atoms with Crippen molar-refractivity contribution >= 4 is 35.9 Å². The van der Waals surface area contributed by atoms with Crippen molar-refractivity contribution in [2.75, 3.05) is 30.1 Å². The number of nitrogens with one attached hydrogen (secondary N) is 2. The topological polar surface area (TPSA) is 91.4 Å². The van der Waals surface area contributed by atoms with Crippen LogP contribution in [0.1, 0.15) is 12.0 Å². The monoisotopic (exact) mass is 552 g/mol. The molecule has 0 saturated carbocycles. The third-order valence-electron chi connectivity index (χ3n) is 5.97. The molecule has 7 nitrogen and oxygen atoms in total. The molecule has 0 spiro atoms. The van der Waals surface area contributed by atoms with Crippen molar-refractivity contribution < 1.29 is 36.1 Å². The molecule has 0 bridgehead atoms. The quantitative estimate of drug-likeness (QED) is 0.336. The van der Waals surface area contributed by atoms with Gasteiger partial charge in [0.15, 0.2) is 11.6 Å². The lowest BCUT2D eigenvalue weighted by Crippen LogP contribution is -2.43. The minimum atomic E-state index is -4.59. The summed E-state index contributed by atoms with van der Waals surface area (Å²) in [7, 11) is -2.81. The van der Waals surface area contributed by atoms with Gasteiger partial charge in [-0.15, -0.1) is 0 Å². The van der Waals surface area contributed by atoms with E-state index in [1.807, 2.05) is 0 Å². The molecule has 0 aliphatic carbocycles. The highest BCUT2D eigenvalue weighted by Crippen LogP contribution is 2.40. The van der Waals surface area contributed by atoms with E-state index in [1.54, 1.807) is 18.2 Å². The number of nitrogens with zero attached hydrogens (tertiary/aromatic N) is 2. The lowest BCUT2D eigenvalue weighted by molar-refractivity contribution is -0.137. The number of hydrogen-bond acceptors (Lipinski definition) is 4. The predicted octanol–water partition coefficient (Wildman–Crippen LogP) is 5.22. The zero-order valence-corrected chi connectivity index (χ0v) is 21.0. The van der Waals surface area contributed by atoms with Crippen molar-refractivity contribution in [3.05, 3.63) is 71.9 Å². The van der Waals surface area contributed by atoms with Crippen LogP contribution in [0.3, 0.4) is 0 Å². The molecular weight excluding hydrogens is 530 g/mol. The number of hydrogen-bond donors (Lipinski definition) is 2. The summed E-state index contributed by atoms with van der Waals surface area (Å²) in [6, 6.07) is 8.66. The maximum absolute atomic E-state index is 15.2. The number of pyridine rings is 1. The first-order chi connectivity index (χ1) is 17.8. The summed E-state index contributed by atoms with van der Waals surface area (Å²) in [5.41, 5.74) is -1.13. The third-order valence-corrected chi connectivity index (χ3v) is 7.52. The van der Waals surface area contributed by atoms with Crippen LogP contribution in [0.4, 0.5) is 38.3 Å². The summed E-state index contributed by atoms with van der Waals surface area (Å²) < 4.78 is 81.0. The van der Waals surface area contributed by atoms with Gasteiger partial charge >= 0.3 is 12.2 Å². The molecule has 2 N–H and O–H groups in total. The molecular formula is C25H22F5N4O3P. The Kier molecular flexibility index (Phi) is 7.29. The second kappa shape index (κ2) is 10.2. The number of urea groups is 1. The molecule has 1 atom stereocenters. The largest absolute Gasteiger partial charge is 0.417 e. The van der Waals surface area contributed by atoms with Crippen molar-refractivity contribution in [3.8, 4) is 11.1 Å². The normalized spacial score (nSPS) is 16.0. The lowest BCUT2D eigenvalue weighted by Gasteiger charge is -2.20. The highest BCUT2D eigenvalue weighted by atomic mass is 31.2. The summed E-state index contributed by atoms with van der Waals surface area (Å²) in [6.07, 6.45) is -3.96. The van der Waals surface area contributed by atoms with E-state index in [0.29, 0.717) is 11.5 Å². The maximum Gasteiger partial charge on any atom is 0.417 e. The van der Waals surface area contributed by atoms with Crippen LogP contribution >= 0.6 is 7.14 Å². The maximum atomic E-state index is 15.2. The van der Waals surface area contributed by atoms with E-state index in [-0.39, 0.29) is 35.6 Å². The van der Waals surface area contributed by atoms with E-state index in [2.05, 4.69) is 15.6 Å². The average Bonchev–Trinajstić information content (AvgIpc) is 3.19. The van der Waals surface area contributed by atoms with Crippen molar-refractivity contribution in [2.45, 2.75) is 18.6 Å². The molecule has 13 heteroatoms. The zero-order chi connectivity index (χ0) is 27.8. The highest BCUT2D eigenvalue weighted by Gasteiger charge is 2.36. The van der Waals surface area contributed by atoms with Gasteiger partial charge in [-0.05, 0) is 49.6 Å². The highest BCUT2D eigenvalue weighted by molar-refractivity contribution is 7.70. The van der Waals surface area contributed by atoms with Gasteiger partial charge in [0.05, 0.1) is 11.3 Å². The second-order valence-electron chi connectivity index (χ2n) is 8.99. The van der Waals surface area contributed by atoms with Gasteiger partial charge in [-0.3, -0.25) is 10.1 Å². The summed E-state index contributed by atoms with van der Waals surface area (Å²) in [5, 5.41) is 4.99. The van der Waals surface area contributed by atoms with Crippen LogP contribution in [-0.4, -0.2) is 42.8 Å². The first kappa shape index (κ1) is 27.3. The van der Waals surface area contributed by atoms with E-state index in [1.165, 1.54) is 31.5 Å². The van der Waals surface area contributed by atoms with Crippen LogP contribution < -0.4 is 20.8 Å². The Balaban J connectivity index is 1.48. The number of alkyl halides is 3. The average molecular weight is 552 g/mol. The molecule has 4 rings (SSSR count). The van der Waals surface area contributed by atoms with Crippen molar-refractivity contribution in [3.63, 3.8) is 0 Å². The minimum absolute atomic E-state index is 0.0201. The molecule has 0 radical (unpaired) electrons. The van der Waals surface area contributed by atoms with E-state index in [0.717, 1.165) is 17.0 Å². The van der Waals surface area contributed by atoms with Gasteiger partial charge in [0.1, 0.15) is 19.0 Å². The molecule has 38 heavy (non-hydrogen) atoms. The van der Waals surface area contributed by atoms with E-state index in [4.69, 9.17) is 0 Å². The molecule has 0 unspecified atom stereocenters. The van der Waals surface area contributed by atoms with Crippen LogP contribution in [0.5, 0.6) is 0 Å². The molecule has 1 fully saturated rings. The van der Waals surface area contributed by atoms with Crippen LogP contribution in [-0.2, 0) is 15.5 Å². The van der Waals surface area contributed by atoms with Gasteiger partial charge < -0.3 is 14.8 Å². The first-order valence-corrected chi connectivity index (χ1v) is 13.9. The molecule has 3 aromatic rings. The first-order valence-electron chi connectivity index (χ1n) is 11.3. The van der Waals surface area contributed by atoms with Gasteiger partial charge in [0.2, 0.25) is 5.91 Å². The van der Waals surface area contributed by atoms with Crippen LogP contribution in [0.2, 0.25) is 0 Å². The Hall–Kier alpha value is -3.79. The fourth-order valence-corrected chi connectivity index (χ4v) is 5.35. The number of benzene rings is 2. The lowest BCUT2D eigenvalue weighted by atomic mass is 10.0. The van der Waals surface area contributed by atoms with Gasteiger partial charge in [-0.25, -0.2) is 18.6 Å². The van der Waals surface area contributed by atoms with Crippen molar-refractivity contribution in [2.24, 2.45) is 0 Å². The fourth-order valence-electron chi connectivity index (χ4n) is 4.13. The van der Waals surface area contributed by atoms with Crippen molar-refractivity contribution in [1.82, 2.24) is 10.3 Å². The third kappa shape index (κ3) is 5.55. The summed E-state index contributed by atoms with van der Waals surface area (Å²) >= 11 is 0. The molecule has 3 amide bonds.